The predicted molar refractivity (Wildman–Crippen MR) is 173 cm³/mol. The number of hydrogen-bond acceptors (Lipinski definition) is 8. The lowest BCUT2D eigenvalue weighted by Gasteiger charge is -2.32. The Morgan fingerprint density at radius 3 is 2.18 bits per heavy atom. The van der Waals surface area contributed by atoms with Crippen LogP contribution >= 0.6 is 11.6 Å². The van der Waals surface area contributed by atoms with Gasteiger partial charge in [-0.15, -0.1) is 0 Å². The molecule has 1 unspecified atom stereocenters. The molecule has 13 heteroatoms. The number of sulfonamides is 1. The van der Waals surface area contributed by atoms with Crippen molar-refractivity contribution in [2.75, 3.05) is 45.8 Å². The maximum Gasteiger partial charge on any atom is 0.265 e. The van der Waals surface area contributed by atoms with E-state index in [1.807, 2.05) is 6.92 Å². The SMILES string of the molecule is CCCCNC(=O)C(C)N(Cc1ccccc1Cl)C(=O)CN(c1cc(OC)ccc1OC)S(=O)(=O)c1ccc(OC)c(OC)c1. The number of carbonyl (C=O) groups is 2. The Kier molecular flexibility index (Phi) is 12.7. The smallest absolute Gasteiger partial charge is 0.265 e. The van der Waals surface area contributed by atoms with E-state index in [0.29, 0.717) is 28.6 Å². The van der Waals surface area contributed by atoms with E-state index in [2.05, 4.69) is 5.32 Å². The van der Waals surface area contributed by atoms with E-state index in [0.717, 1.165) is 17.1 Å². The first-order valence-electron chi connectivity index (χ1n) is 14.3. The fourth-order valence-electron chi connectivity index (χ4n) is 4.54. The Labute approximate surface area is 270 Å². The maximum atomic E-state index is 14.4. The Balaban J connectivity index is 2.15. The van der Waals surface area contributed by atoms with Crippen molar-refractivity contribution in [2.24, 2.45) is 0 Å². The first-order chi connectivity index (χ1) is 21.5. The summed E-state index contributed by atoms with van der Waals surface area (Å²) in [6, 6.07) is 14.7. The number of carbonyl (C=O) groups excluding carboxylic acids is 2. The summed E-state index contributed by atoms with van der Waals surface area (Å²) in [4.78, 5) is 28.6. The summed E-state index contributed by atoms with van der Waals surface area (Å²) in [5.41, 5.74) is 0.645. The highest BCUT2D eigenvalue weighted by Gasteiger charge is 2.34. The van der Waals surface area contributed by atoms with E-state index < -0.39 is 28.5 Å². The molecule has 1 atom stereocenters. The summed E-state index contributed by atoms with van der Waals surface area (Å²) in [7, 11) is 1.20. The highest BCUT2D eigenvalue weighted by Crippen LogP contribution is 2.38. The highest BCUT2D eigenvalue weighted by atomic mass is 35.5. The molecule has 0 bridgehead atoms. The predicted octanol–water partition coefficient (Wildman–Crippen LogP) is 4.90. The van der Waals surface area contributed by atoms with E-state index >= 15 is 0 Å². The van der Waals surface area contributed by atoms with Crippen LogP contribution in [0.2, 0.25) is 5.02 Å². The number of nitrogens with one attached hydrogen (secondary N) is 1. The molecule has 0 aliphatic rings. The number of ether oxygens (including phenoxy) is 4. The molecule has 3 rings (SSSR count). The normalized spacial score (nSPS) is 11.7. The molecule has 11 nitrogen and oxygen atoms in total. The Morgan fingerprint density at radius 1 is 0.889 bits per heavy atom. The van der Waals surface area contributed by atoms with Gasteiger partial charge in [-0.2, -0.15) is 0 Å². The number of amides is 2. The lowest BCUT2D eigenvalue weighted by Crippen LogP contribution is -2.51. The summed E-state index contributed by atoms with van der Waals surface area (Å²) >= 11 is 6.44. The van der Waals surface area contributed by atoms with Crippen LogP contribution in [0.3, 0.4) is 0 Å². The number of rotatable bonds is 16. The van der Waals surface area contributed by atoms with Crippen molar-refractivity contribution in [2.45, 2.75) is 44.2 Å². The third-order valence-corrected chi connectivity index (χ3v) is 9.30. The molecule has 0 spiro atoms. The summed E-state index contributed by atoms with van der Waals surface area (Å²) in [5, 5.41) is 3.26. The van der Waals surface area contributed by atoms with Crippen molar-refractivity contribution in [3.05, 3.63) is 71.2 Å². The molecule has 0 radical (unpaired) electrons. The van der Waals surface area contributed by atoms with Gasteiger partial charge in [0.25, 0.3) is 10.0 Å². The average molecular weight is 662 g/mol. The number of nitrogens with zero attached hydrogens (tertiary/aromatic N) is 2. The van der Waals surface area contributed by atoms with Crippen molar-refractivity contribution in [1.29, 1.82) is 0 Å². The second kappa shape index (κ2) is 16.2. The van der Waals surface area contributed by atoms with Crippen molar-refractivity contribution in [3.8, 4) is 23.0 Å². The molecule has 0 fully saturated rings. The third kappa shape index (κ3) is 8.52. The van der Waals surface area contributed by atoms with Crippen molar-refractivity contribution in [3.63, 3.8) is 0 Å². The first kappa shape index (κ1) is 35.3. The van der Waals surface area contributed by atoms with Crippen molar-refractivity contribution < 1.29 is 37.0 Å². The Hall–Kier alpha value is -4.16. The molecule has 45 heavy (non-hydrogen) atoms. The molecule has 2 amide bonds. The van der Waals surface area contributed by atoms with Gasteiger partial charge in [-0.1, -0.05) is 43.1 Å². The molecule has 3 aromatic rings. The monoisotopic (exact) mass is 661 g/mol. The number of anilines is 1. The van der Waals surface area contributed by atoms with Gasteiger partial charge in [0.2, 0.25) is 11.8 Å². The molecular formula is C32H40ClN3O8S. The molecule has 0 aliphatic carbocycles. The lowest BCUT2D eigenvalue weighted by atomic mass is 10.1. The zero-order valence-electron chi connectivity index (χ0n) is 26.3. The van der Waals surface area contributed by atoms with E-state index in [9.17, 15) is 18.0 Å². The van der Waals surface area contributed by atoms with Crippen LogP contribution in [0.25, 0.3) is 0 Å². The van der Waals surface area contributed by atoms with Crippen LogP contribution in [-0.2, 0) is 26.2 Å². The maximum absolute atomic E-state index is 14.4. The summed E-state index contributed by atoms with van der Waals surface area (Å²) < 4.78 is 51.2. The summed E-state index contributed by atoms with van der Waals surface area (Å²) in [6.07, 6.45) is 1.65. The zero-order valence-corrected chi connectivity index (χ0v) is 27.9. The van der Waals surface area contributed by atoms with Gasteiger partial charge in [0.1, 0.15) is 24.1 Å². The van der Waals surface area contributed by atoms with Gasteiger partial charge in [0.15, 0.2) is 11.5 Å². The van der Waals surface area contributed by atoms with E-state index in [4.69, 9.17) is 30.5 Å². The van der Waals surface area contributed by atoms with Crippen molar-refractivity contribution in [1.82, 2.24) is 10.2 Å². The second-order valence-corrected chi connectivity index (χ2v) is 12.3. The molecule has 0 saturated carbocycles. The van der Waals surface area contributed by atoms with Gasteiger partial charge in [0.05, 0.1) is 39.0 Å². The number of halogens is 1. The van der Waals surface area contributed by atoms with Crippen LogP contribution in [0.4, 0.5) is 5.69 Å². The summed E-state index contributed by atoms with van der Waals surface area (Å²) in [6.45, 7) is 3.31. The van der Waals surface area contributed by atoms with Crippen LogP contribution in [0.5, 0.6) is 23.0 Å². The lowest BCUT2D eigenvalue weighted by molar-refractivity contribution is -0.139. The Morgan fingerprint density at radius 2 is 1.56 bits per heavy atom. The van der Waals surface area contributed by atoms with Gasteiger partial charge in [-0.3, -0.25) is 13.9 Å². The number of hydrogen-bond donors (Lipinski definition) is 1. The summed E-state index contributed by atoms with van der Waals surface area (Å²) in [5.74, 6) is -0.0100. The quantitative estimate of drug-likeness (QED) is 0.215. The van der Waals surface area contributed by atoms with Gasteiger partial charge >= 0.3 is 0 Å². The second-order valence-electron chi connectivity index (χ2n) is 10.00. The van der Waals surface area contributed by atoms with Crippen molar-refractivity contribution >= 4 is 39.1 Å². The van der Waals surface area contributed by atoms with Crippen LogP contribution < -0.4 is 28.6 Å². The van der Waals surface area contributed by atoms with Gasteiger partial charge in [-0.25, -0.2) is 8.42 Å². The zero-order chi connectivity index (χ0) is 33.1. The minimum absolute atomic E-state index is 0.0413. The topological polar surface area (TPSA) is 124 Å². The minimum atomic E-state index is -4.45. The molecule has 0 aliphatic heterocycles. The van der Waals surface area contributed by atoms with Crippen LogP contribution in [0.1, 0.15) is 32.3 Å². The molecule has 3 aromatic carbocycles. The number of unbranched alkanes of at least 4 members (excludes halogenated alkanes) is 1. The van der Waals surface area contributed by atoms with Crippen LogP contribution in [-0.4, -0.2) is 72.7 Å². The van der Waals surface area contributed by atoms with Crippen LogP contribution in [0, 0.1) is 0 Å². The largest absolute Gasteiger partial charge is 0.497 e. The van der Waals surface area contributed by atoms with E-state index in [1.165, 1.54) is 57.6 Å². The standard InChI is InChI=1S/C32H40ClN3O8S/c1-7-8-17-34-32(38)22(2)35(20-23-11-9-10-12-26(23)33)31(37)21-36(27-18-24(41-3)13-15-28(27)42-4)45(39,40)25-14-16-29(43-5)30(19-25)44-6/h9-16,18-19,22H,7-8,17,20-21H2,1-6H3,(H,34,38). The highest BCUT2D eigenvalue weighted by molar-refractivity contribution is 7.92. The molecular weight excluding hydrogens is 622 g/mol. The molecule has 0 aromatic heterocycles. The fraction of sp³-hybridized carbons (Fsp3) is 0.375. The van der Waals surface area contributed by atoms with E-state index in [-0.39, 0.29) is 34.5 Å². The Bertz CT molecular complexity index is 1580. The van der Waals surface area contributed by atoms with Gasteiger partial charge < -0.3 is 29.2 Å². The molecule has 0 saturated heterocycles. The third-order valence-electron chi connectivity index (χ3n) is 7.17. The molecule has 1 N–H and O–H groups in total. The van der Waals surface area contributed by atoms with Gasteiger partial charge in [-0.05, 0) is 49.2 Å². The first-order valence-corrected chi connectivity index (χ1v) is 16.1. The fourth-order valence-corrected chi connectivity index (χ4v) is 6.17. The number of methoxy groups -OCH3 is 4. The average Bonchev–Trinajstić information content (AvgIpc) is 3.05. The van der Waals surface area contributed by atoms with E-state index in [1.54, 1.807) is 43.3 Å². The van der Waals surface area contributed by atoms with Crippen LogP contribution in [0.15, 0.2) is 65.6 Å². The molecule has 244 valence electrons. The van der Waals surface area contributed by atoms with Gasteiger partial charge in [0, 0.05) is 30.2 Å². The number of benzene rings is 3. The molecule has 0 heterocycles. The minimum Gasteiger partial charge on any atom is -0.497 e.